The van der Waals surface area contributed by atoms with Crippen molar-refractivity contribution >= 4 is 38.7 Å². The predicted molar refractivity (Wildman–Crippen MR) is 166 cm³/mol. The number of imidazole rings is 1. The molecular formula is C33H38N4O3S. The summed E-state index contributed by atoms with van der Waals surface area (Å²) in [5, 5.41) is 2.14. The van der Waals surface area contributed by atoms with Crippen molar-refractivity contribution in [2.45, 2.75) is 64.7 Å². The van der Waals surface area contributed by atoms with Crippen LogP contribution in [-0.4, -0.2) is 49.9 Å². The van der Waals surface area contributed by atoms with Crippen LogP contribution in [0.15, 0.2) is 66.0 Å². The zero-order valence-corrected chi connectivity index (χ0v) is 25.1. The molecule has 1 saturated heterocycles. The van der Waals surface area contributed by atoms with E-state index in [4.69, 9.17) is 14.5 Å². The summed E-state index contributed by atoms with van der Waals surface area (Å²) in [6, 6.07) is 21.3. The number of piperidine rings is 1. The van der Waals surface area contributed by atoms with E-state index >= 15 is 0 Å². The van der Waals surface area contributed by atoms with E-state index in [0.29, 0.717) is 13.1 Å². The van der Waals surface area contributed by atoms with Crippen molar-refractivity contribution in [2.24, 2.45) is 7.05 Å². The fourth-order valence-corrected chi connectivity index (χ4v) is 6.46. The van der Waals surface area contributed by atoms with Crippen molar-refractivity contribution in [1.82, 2.24) is 19.0 Å². The Hall–Kier alpha value is -3.78. The molecule has 0 atom stereocenters. The van der Waals surface area contributed by atoms with Gasteiger partial charge in [-0.25, -0.2) is 9.78 Å². The Morgan fingerprint density at radius 2 is 1.78 bits per heavy atom. The van der Waals surface area contributed by atoms with Crippen LogP contribution in [0.4, 0.5) is 4.79 Å². The number of ether oxygens (including phenoxy) is 2. The Morgan fingerprint density at radius 3 is 2.51 bits per heavy atom. The van der Waals surface area contributed by atoms with E-state index in [1.807, 2.05) is 20.8 Å². The minimum Gasteiger partial charge on any atom is -0.490 e. The Balaban J connectivity index is 1.06. The summed E-state index contributed by atoms with van der Waals surface area (Å²) in [6.07, 6.45) is 3.47. The molecule has 0 unspecified atom stereocenters. The molecule has 0 bridgehead atoms. The molecule has 0 N–H and O–H groups in total. The van der Waals surface area contributed by atoms with Crippen molar-refractivity contribution in [3.05, 3.63) is 71.6 Å². The summed E-state index contributed by atoms with van der Waals surface area (Å²) in [6.45, 7) is 7.89. The number of likely N-dealkylation sites (tertiary alicyclic amines) is 1. The summed E-state index contributed by atoms with van der Waals surface area (Å²) in [4.78, 5) is 19.2. The molecule has 4 heterocycles. The minimum absolute atomic E-state index is 0.111. The summed E-state index contributed by atoms with van der Waals surface area (Å²) < 4.78 is 17.7. The molecule has 0 spiro atoms. The number of nitrogens with zero attached hydrogens (tertiary/aromatic N) is 4. The van der Waals surface area contributed by atoms with Crippen molar-refractivity contribution in [1.29, 1.82) is 0 Å². The molecule has 1 fully saturated rings. The summed E-state index contributed by atoms with van der Waals surface area (Å²) >= 11 is 1.77. The number of thiophene rings is 1. The van der Waals surface area contributed by atoms with Gasteiger partial charge in [-0.2, -0.15) is 0 Å². The maximum absolute atomic E-state index is 12.3. The summed E-state index contributed by atoms with van der Waals surface area (Å²) in [7, 11) is 2.13. The lowest BCUT2D eigenvalue weighted by molar-refractivity contribution is 0.0126. The minimum atomic E-state index is -0.472. The second kappa shape index (κ2) is 11.2. The SMILES string of the molecule is Cn1c(-c2nc3ccccc3n2CCCc2ccc(OC3CCN(C(=O)OC(C)(C)C)CC3)cc2)cc2sccc21. The van der Waals surface area contributed by atoms with E-state index < -0.39 is 5.60 Å². The van der Waals surface area contributed by atoms with E-state index in [0.717, 1.165) is 55.0 Å². The fourth-order valence-electron chi connectivity index (χ4n) is 5.61. The second-order valence-corrected chi connectivity index (χ2v) is 12.8. The van der Waals surface area contributed by atoms with Crippen LogP contribution >= 0.6 is 11.3 Å². The van der Waals surface area contributed by atoms with Crippen LogP contribution in [0.25, 0.3) is 32.8 Å². The van der Waals surface area contributed by atoms with Gasteiger partial charge in [-0.1, -0.05) is 24.3 Å². The number of fused-ring (bicyclic) bond motifs is 2. The van der Waals surface area contributed by atoms with Crippen LogP contribution in [0, 0.1) is 0 Å². The predicted octanol–water partition coefficient (Wildman–Crippen LogP) is 7.67. The van der Waals surface area contributed by atoms with Crippen molar-refractivity contribution in [3.63, 3.8) is 0 Å². The topological polar surface area (TPSA) is 61.5 Å². The monoisotopic (exact) mass is 570 g/mol. The molecule has 41 heavy (non-hydrogen) atoms. The first-order valence-electron chi connectivity index (χ1n) is 14.5. The fraction of sp³-hybridized carbons (Fsp3) is 0.394. The third-order valence-electron chi connectivity index (χ3n) is 7.71. The third kappa shape index (κ3) is 5.98. The number of amides is 1. The van der Waals surface area contributed by atoms with Gasteiger partial charge in [0.05, 0.1) is 26.9 Å². The van der Waals surface area contributed by atoms with Crippen molar-refractivity contribution in [3.8, 4) is 17.3 Å². The maximum atomic E-state index is 12.3. The molecule has 1 aliphatic rings. The van der Waals surface area contributed by atoms with Crippen molar-refractivity contribution < 1.29 is 14.3 Å². The van der Waals surface area contributed by atoms with Crippen LogP contribution < -0.4 is 4.74 Å². The Bertz CT molecular complexity index is 1650. The molecule has 8 heteroatoms. The zero-order valence-electron chi connectivity index (χ0n) is 24.3. The number of para-hydroxylation sites is 2. The first kappa shape index (κ1) is 27.4. The Morgan fingerprint density at radius 1 is 1.02 bits per heavy atom. The highest BCUT2D eigenvalue weighted by Gasteiger charge is 2.27. The van der Waals surface area contributed by atoms with Gasteiger partial charge in [0, 0.05) is 39.5 Å². The molecule has 6 rings (SSSR count). The van der Waals surface area contributed by atoms with Gasteiger partial charge < -0.3 is 23.5 Å². The van der Waals surface area contributed by atoms with Gasteiger partial charge >= 0.3 is 6.09 Å². The molecule has 1 amide bonds. The van der Waals surface area contributed by atoms with Crippen LogP contribution in [-0.2, 0) is 24.8 Å². The summed E-state index contributed by atoms with van der Waals surface area (Å²) in [5.41, 5.74) is 5.43. The average Bonchev–Trinajstić information content (AvgIpc) is 3.64. The first-order chi connectivity index (χ1) is 19.7. The normalized spacial score (nSPS) is 14.7. The van der Waals surface area contributed by atoms with Gasteiger partial charge in [0.2, 0.25) is 0 Å². The maximum Gasteiger partial charge on any atom is 0.410 e. The summed E-state index contributed by atoms with van der Waals surface area (Å²) in [5.74, 6) is 1.91. The molecule has 214 valence electrons. The van der Waals surface area contributed by atoms with E-state index in [-0.39, 0.29) is 12.2 Å². The van der Waals surface area contributed by atoms with E-state index in [2.05, 4.69) is 82.2 Å². The quantitative estimate of drug-likeness (QED) is 0.201. The number of aryl methyl sites for hydroxylation is 3. The number of aromatic nitrogens is 3. The molecule has 7 nitrogen and oxygen atoms in total. The number of carbonyl (C=O) groups is 1. The van der Waals surface area contributed by atoms with Gasteiger partial charge in [0.25, 0.3) is 0 Å². The Labute approximate surface area is 245 Å². The molecule has 5 aromatic rings. The standard InChI is InChI=1S/C33H38N4O3S/c1-33(2,3)40-32(38)36-19-15-25(16-20-36)39-24-13-11-23(12-14-24)8-7-18-37-27-10-6-5-9-26(27)34-31(37)29-22-30-28(35(29)4)17-21-41-30/h5-6,9-14,17,21-22,25H,7-8,15-16,18-20H2,1-4H3. The van der Waals surface area contributed by atoms with Gasteiger partial charge in [-0.15, -0.1) is 11.3 Å². The van der Waals surface area contributed by atoms with Crippen molar-refractivity contribution in [2.75, 3.05) is 13.1 Å². The average molecular weight is 571 g/mol. The molecule has 3 aromatic heterocycles. The van der Waals surface area contributed by atoms with Gasteiger partial charge in [-0.05, 0) is 81.0 Å². The highest BCUT2D eigenvalue weighted by molar-refractivity contribution is 7.17. The van der Waals surface area contributed by atoms with Crippen LogP contribution in [0.2, 0.25) is 0 Å². The van der Waals surface area contributed by atoms with E-state index in [1.165, 1.54) is 21.3 Å². The largest absolute Gasteiger partial charge is 0.490 e. The number of carbonyl (C=O) groups excluding carboxylic acids is 1. The number of rotatable bonds is 7. The van der Waals surface area contributed by atoms with Gasteiger partial charge in [-0.3, -0.25) is 0 Å². The molecule has 1 aliphatic heterocycles. The number of hydrogen-bond donors (Lipinski definition) is 0. The molecular weight excluding hydrogens is 532 g/mol. The van der Waals surface area contributed by atoms with E-state index in [1.54, 1.807) is 16.2 Å². The molecule has 0 aliphatic carbocycles. The third-order valence-corrected chi connectivity index (χ3v) is 8.57. The highest BCUT2D eigenvalue weighted by Crippen LogP contribution is 2.32. The number of benzene rings is 2. The zero-order chi connectivity index (χ0) is 28.6. The molecule has 2 aromatic carbocycles. The Kier molecular flexibility index (Phi) is 7.51. The molecule has 0 radical (unpaired) electrons. The van der Waals surface area contributed by atoms with E-state index in [9.17, 15) is 4.79 Å². The lowest BCUT2D eigenvalue weighted by Gasteiger charge is -2.33. The lowest BCUT2D eigenvalue weighted by Crippen LogP contribution is -2.44. The second-order valence-electron chi connectivity index (χ2n) is 11.9. The van der Waals surface area contributed by atoms with Crippen LogP contribution in [0.3, 0.4) is 0 Å². The highest BCUT2D eigenvalue weighted by atomic mass is 32.1. The smallest absolute Gasteiger partial charge is 0.410 e. The lowest BCUT2D eigenvalue weighted by atomic mass is 10.1. The number of hydrogen-bond acceptors (Lipinski definition) is 5. The first-order valence-corrected chi connectivity index (χ1v) is 15.4. The van der Waals surface area contributed by atoms with Crippen LogP contribution in [0.5, 0.6) is 5.75 Å². The van der Waals surface area contributed by atoms with Gasteiger partial charge in [0.1, 0.15) is 17.5 Å². The van der Waals surface area contributed by atoms with Crippen LogP contribution in [0.1, 0.15) is 45.6 Å². The van der Waals surface area contributed by atoms with Gasteiger partial charge in [0.15, 0.2) is 5.82 Å². The molecule has 0 saturated carbocycles.